The van der Waals surface area contributed by atoms with Gasteiger partial charge in [-0.25, -0.2) is 13.6 Å². The highest BCUT2D eigenvalue weighted by Crippen LogP contribution is 2.26. The maximum Gasteiger partial charge on any atom is 0.255 e. The van der Waals surface area contributed by atoms with E-state index in [9.17, 15) is 13.2 Å². The van der Waals surface area contributed by atoms with Gasteiger partial charge in [-0.15, -0.1) is 0 Å². The zero-order valence-electron chi connectivity index (χ0n) is 15.3. The number of primary sulfonamides is 1. The number of nitrogens with zero attached hydrogens (tertiary/aromatic N) is 1. The Morgan fingerprint density at radius 3 is 2.48 bits per heavy atom. The lowest BCUT2D eigenvalue weighted by molar-refractivity contribution is 0.0938. The van der Waals surface area contributed by atoms with Gasteiger partial charge in [0.1, 0.15) is 5.75 Å². The first-order valence-electron chi connectivity index (χ1n) is 8.05. The Hall–Kier alpha value is -2.13. The van der Waals surface area contributed by atoms with Gasteiger partial charge in [-0.1, -0.05) is 29.8 Å². The molecule has 0 saturated heterocycles. The van der Waals surface area contributed by atoms with Crippen LogP contribution in [0.4, 0.5) is 0 Å². The summed E-state index contributed by atoms with van der Waals surface area (Å²) in [5.41, 5.74) is 0.954. The van der Waals surface area contributed by atoms with Crippen LogP contribution in [0.1, 0.15) is 22.0 Å². The second-order valence-electron chi connectivity index (χ2n) is 6.12. The van der Waals surface area contributed by atoms with E-state index >= 15 is 0 Å². The van der Waals surface area contributed by atoms with Crippen LogP contribution >= 0.6 is 11.6 Å². The van der Waals surface area contributed by atoms with Gasteiger partial charge in [0.25, 0.3) is 5.91 Å². The van der Waals surface area contributed by atoms with E-state index in [1.165, 1.54) is 25.3 Å². The van der Waals surface area contributed by atoms with E-state index in [1.54, 1.807) is 6.07 Å². The van der Waals surface area contributed by atoms with E-state index < -0.39 is 15.9 Å². The van der Waals surface area contributed by atoms with Crippen molar-refractivity contribution >= 4 is 27.5 Å². The van der Waals surface area contributed by atoms with Crippen molar-refractivity contribution in [2.45, 2.75) is 10.9 Å². The number of methoxy groups -OCH3 is 1. The predicted octanol–water partition coefficient (Wildman–Crippen LogP) is 2.03. The lowest BCUT2D eigenvalue weighted by Gasteiger charge is -2.26. The minimum absolute atomic E-state index is 0.0840. The predicted molar refractivity (Wildman–Crippen MR) is 105 cm³/mol. The lowest BCUT2D eigenvalue weighted by Crippen LogP contribution is -2.35. The molecule has 1 atom stereocenters. The second kappa shape index (κ2) is 8.71. The topological polar surface area (TPSA) is 102 Å². The Balaban J connectivity index is 2.27. The van der Waals surface area contributed by atoms with E-state index in [2.05, 4.69) is 5.32 Å². The average molecular weight is 412 g/mol. The van der Waals surface area contributed by atoms with Gasteiger partial charge in [0, 0.05) is 11.6 Å². The van der Waals surface area contributed by atoms with Crippen molar-refractivity contribution < 1.29 is 17.9 Å². The van der Waals surface area contributed by atoms with E-state index in [-0.39, 0.29) is 28.8 Å². The van der Waals surface area contributed by atoms with Gasteiger partial charge in [-0.2, -0.15) is 0 Å². The summed E-state index contributed by atoms with van der Waals surface area (Å²) in [7, 11) is 1.21. The Morgan fingerprint density at radius 2 is 1.93 bits per heavy atom. The molecule has 2 aromatic rings. The third-order valence-corrected chi connectivity index (χ3v) is 5.34. The van der Waals surface area contributed by atoms with Gasteiger partial charge in [0.15, 0.2) is 0 Å². The van der Waals surface area contributed by atoms with Crippen molar-refractivity contribution in [1.29, 1.82) is 0 Å². The number of nitrogens with two attached hydrogens (primary N) is 1. The Morgan fingerprint density at radius 1 is 1.26 bits per heavy atom. The van der Waals surface area contributed by atoms with Gasteiger partial charge in [0.2, 0.25) is 10.0 Å². The zero-order chi connectivity index (χ0) is 20.2. The Bertz CT molecular complexity index is 932. The highest BCUT2D eigenvalue weighted by Gasteiger charge is 2.21. The maximum absolute atomic E-state index is 12.7. The molecule has 2 rings (SSSR count). The van der Waals surface area contributed by atoms with Crippen LogP contribution in [0.3, 0.4) is 0 Å². The number of hydrogen-bond acceptors (Lipinski definition) is 5. The van der Waals surface area contributed by atoms with E-state index in [4.69, 9.17) is 21.5 Å². The van der Waals surface area contributed by atoms with Crippen LogP contribution in [0.15, 0.2) is 47.4 Å². The van der Waals surface area contributed by atoms with Crippen LogP contribution < -0.4 is 15.2 Å². The lowest BCUT2D eigenvalue weighted by atomic mass is 10.1. The quantitative estimate of drug-likeness (QED) is 0.725. The number of halogens is 1. The molecule has 0 aliphatic rings. The molecular weight excluding hydrogens is 390 g/mol. The van der Waals surface area contributed by atoms with Crippen molar-refractivity contribution in [3.63, 3.8) is 0 Å². The summed E-state index contributed by atoms with van der Waals surface area (Å²) >= 11 is 6.27. The molecule has 146 valence electrons. The number of likely N-dealkylation sites (N-methyl/N-ethyl adjacent to an activating group) is 1. The molecule has 0 saturated carbocycles. The standard InChI is InChI=1S/C18H22ClN3O4S/c1-22(2)16(13-6-4-5-7-15(13)19)11-21-18(23)14-10-12(27(20,24)25)8-9-17(14)26-3/h4-10,16H,11H2,1-3H3,(H,21,23)(H2,20,24,25)/t16-/m0/s1. The average Bonchev–Trinajstić information content (AvgIpc) is 2.61. The van der Waals surface area contributed by atoms with Crippen LogP contribution in [-0.4, -0.2) is 47.0 Å². The zero-order valence-corrected chi connectivity index (χ0v) is 16.8. The van der Waals surface area contributed by atoms with Gasteiger partial charge in [-0.05, 0) is 43.9 Å². The molecule has 27 heavy (non-hydrogen) atoms. The molecule has 9 heteroatoms. The van der Waals surface area contributed by atoms with Crippen molar-refractivity contribution in [2.75, 3.05) is 27.7 Å². The van der Waals surface area contributed by atoms with Crippen molar-refractivity contribution in [3.05, 3.63) is 58.6 Å². The fourth-order valence-electron chi connectivity index (χ4n) is 2.64. The molecule has 2 aromatic carbocycles. The highest BCUT2D eigenvalue weighted by atomic mass is 35.5. The number of benzene rings is 2. The maximum atomic E-state index is 12.7. The molecule has 7 nitrogen and oxygen atoms in total. The summed E-state index contributed by atoms with van der Waals surface area (Å²) in [6.45, 7) is 0.262. The molecule has 0 fully saturated rings. The van der Waals surface area contributed by atoms with E-state index in [1.807, 2.05) is 37.2 Å². The van der Waals surface area contributed by atoms with Crippen molar-refractivity contribution in [1.82, 2.24) is 10.2 Å². The van der Waals surface area contributed by atoms with Crippen LogP contribution in [-0.2, 0) is 10.0 Å². The number of hydrogen-bond donors (Lipinski definition) is 2. The van der Waals surface area contributed by atoms with E-state index in [0.717, 1.165) is 5.56 Å². The van der Waals surface area contributed by atoms with Crippen molar-refractivity contribution in [3.8, 4) is 5.75 Å². The van der Waals surface area contributed by atoms with Gasteiger partial charge in [0.05, 0.1) is 23.6 Å². The first kappa shape index (κ1) is 21.2. The molecule has 3 N–H and O–H groups in total. The minimum Gasteiger partial charge on any atom is -0.496 e. The van der Waals surface area contributed by atoms with Gasteiger partial charge in [-0.3, -0.25) is 4.79 Å². The number of carbonyl (C=O) groups excluding carboxylic acids is 1. The first-order valence-corrected chi connectivity index (χ1v) is 9.97. The number of nitrogens with one attached hydrogen (secondary N) is 1. The summed E-state index contributed by atoms with van der Waals surface area (Å²) in [4.78, 5) is 14.4. The third-order valence-electron chi connectivity index (χ3n) is 4.09. The van der Waals surface area contributed by atoms with Crippen LogP contribution in [0.5, 0.6) is 5.75 Å². The normalized spacial score (nSPS) is 12.7. The molecule has 0 aliphatic carbocycles. The number of carbonyl (C=O) groups is 1. The molecule has 0 unspecified atom stereocenters. The van der Waals surface area contributed by atoms with Crippen LogP contribution in [0.2, 0.25) is 5.02 Å². The summed E-state index contributed by atoms with van der Waals surface area (Å²) in [6, 6.07) is 11.1. The Labute approximate surface area is 164 Å². The molecule has 0 aliphatic heterocycles. The number of sulfonamides is 1. The monoisotopic (exact) mass is 411 g/mol. The second-order valence-corrected chi connectivity index (χ2v) is 8.09. The molecule has 0 bridgehead atoms. The van der Waals surface area contributed by atoms with Gasteiger partial charge >= 0.3 is 0 Å². The highest BCUT2D eigenvalue weighted by molar-refractivity contribution is 7.89. The number of ether oxygens (including phenoxy) is 1. The van der Waals surface area contributed by atoms with Crippen LogP contribution in [0, 0.1) is 0 Å². The SMILES string of the molecule is COc1ccc(S(N)(=O)=O)cc1C(=O)NC[C@@H](c1ccccc1Cl)N(C)C. The molecular formula is C18H22ClN3O4S. The number of rotatable bonds is 7. The van der Waals surface area contributed by atoms with Crippen molar-refractivity contribution in [2.24, 2.45) is 5.14 Å². The first-order chi connectivity index (χ1) is 12.6. The molecule has 0 radical (unpaired) electrons. The molecule has 1 amide bonds. The summed E-state index contributed by atoms with van der Waals surface area (Å²) in [5.74, 6) is -0.227. The fourth-order valence-corrected chi connectivity index (χ4v) is 3.44. The minimum atomic E-state index is -3.94. The Kier molecular flexibility index (Phi) is 6.83. The molecule has 0 aromatic heterocycles. The van der Waals surface area contributed by atoms with Crippen LogP contribution in [0.25, 0.3) is 0 Å². The fraction of sp³-hybridized carbons (Fsp3) is 0.278. The molecule has 0 heterocycles. The summed E-state index contributed by atoms with van der Waals surface area (Å²) < 4.78 is 28.3. The number of amides is 1. The molecule has 0 spiro atoms. The summed E-state index contributed by atoms with van der Waals surface area (Å²) in [6.07, 6.45) is 0. The summed E-state index contributed by atoms with van der Waals surface area (Å²) in [5, 5.41) is 8.55. The smallest absolute Gasteiger partial charge is 0.255 e. The van der Waals surface area contributed by atoms with E-state index in [0.29, 0.717) is 5.02 Å². The largest absolute Gasteiger partial charge is 0.496 e. The third kappa shape index (κ3) is 5.20. The van der Waals surface area contributed by atoms with Gasteiger partial charge < -0.3 is 15.0 Å².